The Hall–Kier alpha value is -0.130. The molecule has 0 aromatic rings. The Morgan fingerprint density at radius 2 is 1.62 bits per heavy atom. The second-order valence-electron chi connectivity index (χ2n) is 6.24. The molecule has 16 heavy (non-hydrogen) atoms. The van der Waals surface area contributed by atoms with Crippen LogP contribution in [0.5, 0.6) is 0 Å². The smallest absolute Gasteiger partial charge is 0.212 e. The van der Waals surface area contributed by atoms with Crippen LogP contribution in [0.4, 0.5) is 0 Å². The molecule has 0 rings (SSSR count). The summed E-state index contributed by atoms with van der Waals surface area (Å²) >= 11 is 0. The van der Waals surface area contributed by atoms with Crippen molar-refractivity contribution < 1.29 is 8.42 Å². The molecule has 0 radical (unpaired) electrons. The van der Waals surface area contributed by atoms with Gasteiger partial charge in [0.05, 0.1) is 5.75 Å². The van der Waals surface area contributed by atoms with Crippen molar-refractivity contribution in [3.05, 3.63) is 0 Å². The maximum absolute atomic E-state index is 11.8. The highest BCUT2D eigenvalue weighted by molar-refractivity contribution is 7.89. The van der Waals surface area contributed by atoms with E-state index in [1.165, 1.54) is 0 Å². The van der Waals surface area contributed by atoms with E-state index in [0.29, 0.717) is 6.42 Å². The first-order chi connectivity index (χ1) is 6.86. The fourth-order valence-electron chi connectivity index (χ4n) is 0.985. The van der Waals surface area contributed by atoms with Crippen LogP contribution in [0.25, 0.3) is 0 Å². The first-order valence-electron chi connectivity index (χ1n) is 5.63. The predicted octanol–water partition coefficient (Wildman–Crippen LogP) is 1.47. The van der Waals surface area contributed by atoms with E-state index in [4.69, 9.17) is 5.73 Å². The highest BCUT2D eigenvalue weighted by Crippen LogP contribution is 2.19. The number of sulfonamides is 1. The molecule has 0 heterocycles. The SMILES string of the molecule is CC(N)C(C)(C)NS(=O)(=O)CCC(C)(C)C. The van der Waals surface area contributed by atoms with E-state index in [2.05, 4.69) is 4.72 Å². The van der Waals surface area contributed by atoms with Crippen LogP contribution >= 0.6 is 0 Å². The van der Waals surface area contributed by atoms with Crippen molar-refractivity contribution >= 4 is 10.0 Å². The lowest BCUT2D eigenvalue weighted by molar-refractivity contribution is 0.375. The highest BCUT2D eigenvalue weighted by Gasteiger charge is 2.29. The van der Waals surface area contributed by atoms with Crippen LogP contribution in [-0.4, -0.2) is 25.8 Å². The third-order valence-electron chi connectivity index (χ3n) is 2.68. The standard InChI is InChI=1S/C11H26N2O2S/c1-9(12)11(5,6)13-16(14,15)8-7-10(2,3)4/h9,13H,7-8,12H2,1-6H3. The van der Waals surface area contributed by atoms with E-state index in [9.17, 15) is 8.42 Å². The van der Waals surface area contributed by atoms with Gasteiger partial charge in [-0.2, -0.15) is 0 Å². The lowest BCUT2D eigenvalue weighted by atomic mass is 9.94. The van der Waals surface area contributed by atoms with E-state index in [-0.39, 0.29) is 17.2 Å². The molecule has 0 aromatic carbocycles. The Bertz CT molecular complexity index is 313. The quantitative estimate of drug-likeness (QED) is 0.776. The Kier molecular flexibility index (Phi) is 4.98. The Labute approximate surface area is 100 Å². The second-order valence-corrected chi connectivity index (χ2v) is 8.08. The van der Waals surface area contributed by atoms with Crippen LogP contribution in [0.15, 0.2) is 0 Å². The molecule has 1 unspecified atom stereocenters. The molecule has 0 bridgehead atoms. The van der Waals surface area contributed by atoms with Crippen LogP contribution in [0.1, 0.15) is 48.0 Å². The van der Waals surface area contributed by atoms with Crippen molar-refractivity contribution in [2.45, 2.75) is 59.5 Å². The van der Waals surface area contributed by atoms with Crippen LogP contribution in [-0.2, 0) is 10.0 Å². The number of rotatable bonds is 5. The summed E-state index contributed by atoms with van der Waals surface area (Å²) in [6.07, 6.45) is 0.636. The fourth-order valence-corrected chi connectivity index (χ4v) is 2.96. The van der Waals surface area contributed by atoms with Gasteiger partial charge < -0.3 is 5.73 Å². The summed E-state index contributed by atoms with van der Waals surface area (Å²) in [4.78, 5) is 0. The molecule has 0 aromatic heterocycles. The summed E-state index contributed by atoms with van der Waals surface area (Å²) in [5, 5.41) is 0. The van der Waals surface area contributed by atoms with Crippen molar-refractivity contribution in [1.29, 1.82) is 0 Å². The highest BCUT2D eigenvalue weighted by atomic mass is 32.2. The van der Waals surface area contributed by atoms with Crippen molar-refractivity contribution in [3.8, 4) is 0 Å². The molecular formula is C11H26N2O2S. The van der Waals surface area contributed by atoms with Crippen molar-refractivity contribution in [2.75, 3.05) is 5.75 Å². The summed E-state index contributed by atoms with van der Waals surface area (Å²) in [6, 6.07) is -0.225. The summed E-state index contributed by atoms with van der Waals surface area (Å²) < 4.78 is 26.3. The molecular weight excluding hydrogens is 224 g/mol. The van der Waals surface area contributed by atoms with E-state index >= 15 is 0 Å². The van der Waals surface area contributed by atoms with Crippen LogP contribution < -0.4 is 10.5 Å². The van der Waals surface area contributed by atoms with Gasteiger partial charge >= 0.3 is 0 Å². The third-order valence-corrected chi connectivity index (χ3v) is 4.26. The molecule has 3 N–H and O–H groups in total. The minimum atomic E-state index is -3.25. The molecule has 0 amide bonds. The molecule has 0 spiro atoms. The largest absolute Gasteiger partial charge is 0.326 e. The van der Waals surface area contributed by atoms with E-state index in [1.807, 2.05) is 20.8 Å². The van der Waals surface area contributed by atoms with Crippen LogP contribution in [0, 0.1) is 5.41 Å². The summed E-state index contributed by atoms with van der Waals surface area (Å²) in [5.41, 5.74) is 5.15. The number of hydrogen-bond acceptors (Lipinski definition) is 3. The molecule has 0 saturated heterocycles. The van der Waals surface area contributed by atoms with Gasteiger partial charge in [0.1, 0.15) is 0 Å². The molecule has 0 fully saturated rings. The zero-order valence-corrected chi connectivity index (χ0v) is 12.1. The Balaban J connectivity index is 4.49. The molecule has 0 aliphatic rings. The lowest BCUT2D eigenvalue weighted by Crippen LogP contribution is -2.55. The van der Waals surface area contributed by atoms with Gasteiger partial charge in [-0.15, -0.1) is 0 Å². The zero-order valence-electron chi connectivity index (χ0n) is 11.3. The number of nitrogens with two attached hydrogens (primary N) is 1. The predicted molar refractivity (Wildman–Crippen MR) is 68.7 cm³/mol. The molecule has 0 aliphatic heterocycles. The van der Waals surface area contributed by atoms with Crippen molar-refractivity contribution in [2.24, 2.45) is 11.1 Å². The van der Waals surface area contributed by atoms with Gasteiger partial charge in [-0.25, -0.2) is 13.1 Å². The molecule has 0 aliphatic carbocycles. The number of hydrogen-bond donors (Lipinski definition) is 2. The molecule has 4 nitrogen and oxygen atoms in total. The first-order valence-corrected chi connectivity index (χ1v) is 7.28. The van der Waals surface area contributed by atoms with Crippen molar-refractivity contribution in [3.63, 3.8) is 0 Å². The first kappa shape index (κ1) is 15.9. The average Bonchev–Trinajstić information content (AvgIpc) is 1.97. The molecule has 98 valence electrons. The molecule has 0 saturated carbocycles. The Morgan fingerprint density at radius 1 is 1.19 bits per heavy atom. The van der Waals surface area contributed by atoms with Crippen LogP contribution in [0.3, 0.4) is 0 Å². The average molecular weight is 250 g/mol. The van der Waals surface area contributed by atoms with E-state index < -0.39 is 15.6 Å². The fraction of sp³-hybridized carbons (Fsp3) is 1.00. The van der Waals surface area contributed by atoms with E-state index in [0.717, 1.165) is 0 Å². The van der Waals surface area contributed by atoms with Crippen molar-refractivity contribution in [1.82, 2.24) is 4.72 Å². The topological polar surface area (TPSA) is 72.2 Å². The second kappa shape index (κ2) is 5.02. The van der Waals surface area contributed by atoms with Gasteiger partial charge in [0.25, 0.3) is 0 Å². The molecule has 1 atom stereocenters. The maximum atomic E-state index is 11.8. The van der Waals surface area contributed by atoms with Crippen LogP contribution in [0.2, 0.25) is 0 Å². The van der Waals surface area contributed by atoms with Gasteiger partial charge in [0.15, 0.2) is 0 Å². The van der Waals surface area contributed by atoms with Gasteiger partial charge in [-0.05, 0) is 32.6 Å². The van der Waals surface area contributed by atoms with Gasteiger partial charge in [0.2, 0.25) is 10.0 Å². The lowest BCUT2D eigenvalue weighted by Gasteiger charge is -2.30. The normalized spacial score (nSPS) is 16.2. The third kappa shape index (κ3) is 6.45. The molecule has 5 heteroatoms. The maximum Gasteiger partial charge on any atom is 0.212 e. The monoisotopic (exact) mass is 250 g/mol. The van der Waals surface area contributed by atoms with Gasteiger partial charge in [-0.3, -0.25) is 0 Å². The Morgan fingerprint density at radius 3 is 1.94 bits per heavy atom. The number of nitrogens with one attached hydrogen (secondary N) is 1. The van der Waals surface area contributed by atoms with E-state index in [1.54, 1.807) is 20.8 Å². The van der Waals surface area contributed by atoms with Gasteiger partial charge in [-0.1, -0.05) is 20.8 Å². The minimum Gasteiger partial charge on any atom is -0.326 e. The zero-order chi connectivity index (χ0) is 13.2. The summed E-state index contributed by atoms with van der Waals surface area (Å²) in [5.74, 6) is 0.145. The summed E-state index contributed by atoms with van der Waals surface area (Å²) in [6.45, 7) is 11.5. The summed E-state index contributed by atoms with van der Waals surface area (Å²) in [7, 11) is -3.25. The van der Waals surface area contributed by atoms with Gasteiger partial charge in [0, 0.05) is 11.6 Å². The minimum absolute atomic E-state index is 0.0211.